The van der Waals surface area contributed by atoms with E-state index in [1.165, 1.54) is 44.1 Å². The lowest BCUT2D eigenvalue weighted by molar-refractivity contribution is -0.119. The molecule has 0 bridgehead atoms. The van der Waals surface area contributed by atoms with Gasteiger partial charge >= 0.3 is 0 Å². The molecule has 1 amide bonds. The topological polar surface area (TPSA) is 94.6 Å². The molecule has 0 saturated heterocycles. The molecular weight excluding hydrogens is 579 g/mol. The van der Waals surface area contributed by atoms with Gasteiger partial charge in [-0.1, -0.05) is 57.0 Å². The van der Waals surface area contributed by atoms with Crippen molar-refractivity contribution in [3.8, 4) is 23.1 Å². The van der Waals surface area contributed by atoms with Crippen molar-refractivity contribution in [3.63, 3.8) is 0 Å². The van der Waals surface area contributed by atoms with Gasteiger partial charge in [0.15, 0.2) is 28.2 Å². The van der Waals surface area contributed by atoms with Crippen LogP contribution in [0.15, 0.2) is 67.0 Å². The Morgan fingerprint density at radius 2 is 1.73 bits per heavy atom. The minimum atomic E-state index is -0.639. The number of rotatable bonds is 11. The summed E-state index contributed by atoms with van der Waals surface area (Å²) in [6.45, 7) is 5.16. The van der Waals surface area contributed by atoms with Crippen LogP contribution < -0.4 is 24.8 Å². The predicted molar refractivity (Wildman–Crippen MR) is 173 cm³/mol. The summed E-state index contributed by atoms with van der Waals surface area (Å²) in [5.41, 5.74) is 1.80. The molecule has 1 aliphatic rings. The summed E-state index contributed by atoms with van der Waals surface area (Å²) in [5.74, 6) is 2.38. The number of carbonyl (C=O) groups is 1. The fraction of sp³-hybridized carbons (Fsp3) is 0.353. The van der Waals surface area contributed by atoms with Crippen molar-refractivity contribution in [3.05, 3.63) is 78.4 Å². The number of halogens is 1. The highest BCUT2D eigenvalue weighted by Gasteiger charge is 2.32. The molecule has 0 aliphatic heterocycles. The van der Waals surface area contributed by atoms with E-state index >= 15 is 4.39 Å². The van der Waals surface area contributed by atoms with Crippen LogP contribution in [0.1, 0.15) is 45.1 Å². The Kier molecular flexibility index (Phi) is 10.2. The Labute approximate surface area is 262 Å². The fourth-order valence-electron chi connectivity index (χ4n) is 5.96. The van der Waals surface area contributed by atoms with E-state index in [1.54, 1.807) is 19.2 Å². The second kappa shape index (κ2) is 14.4. The molecule has 5 rings (SSSR count). The van der Waals surface area contributed by atoms with Gasteiger partial charge in [0.1, 0.15) is 6.33 Å². The maximum atomic E-state index is 15.1. The summed E-state index contributed by atoms with van der Waals surface area (Å²) in [7, 11) is 1.58. The molecule has 1 aliphatic carbocycles. The standard InChI is InChI=1S/C34H37FN4O4S/c1-4-23-13-22(14-24(23)5-2)19-42-31-18-28-26(17-30(31)41-3)33(37-20-36-28)43-29-12-11-25(16-27(29)35)38-34(44)39-32(40)15-21-9-7-6-8-10-21/h6-12,16-18,20,22-24H,4-5,13-15,19H2,1-3H3,(H2,38,39,40,44)/t22?,23-,24?/m1/s1. The normalized spacial score (nSPS) is 17.7. The van der Waals surface area contributed by atoms with Gasteiger partial charge in [0.2, 0.25) is 11.8 Å². The molecule has 0 radical (unpaired) electrons. The third-order valence-electron chi connectivity index (χ3n) is 8.20. The van der Waals surface area contributed by atoms with Crippen LogP contribution in [0, 0.1) is 23.6 Å². The van der Waals surface area contributed by atoms with E-state index in [2.05, 4.69) is 34.4 Å². The summed E-state index contributed by atoms with van der Waals surface area (Å²) in [6, 6.07) is 17.2. The average Bonchev–Trinajstić information content (AvgIpc) is 3.43. The first kappa shape index (κ1) is 31.1. The zero-order valence-electron chi connectivity index (χ0n) is 25.1. The van der Waals surface area contributed by atoms with Crippen LogP contribution in [0.3, 0.4) is 0 Å². The van der Waals surface area contributed by atoms with E-state index in [0.29, 0.717) is 40.6 Å². The molecule has 3 aromatic carbocycles. The van der Waals surface area contributed by atoms with E-state index in [4.69, 9.17) is 26.4 Å². The number of ether oxygens (including phenoxy) is 3. The maximum absolute atomic E-state index is 15.1. The Morgan fingerprint density at radius 1 is 0.977 bits per heavy atom. The first-order valence-electron chi connectivity index (χ1n) is 14.9. The summed E-state index contributed by atoms with van der Waals surface area (Å²) in [6.07, 6.45) is 6.31. The van der Waals surface area contributed by atoms with Gasteiger partial charge in [-0.05, 0) is 66.6 Å². The van der Waals surface area contributed by atoms with Gasteiger partial charge in [-0.2, -0.15) is 0 Å². The molecule has 4 aromatic rings. The highest BCUT2D eigenvalue weighted by atomic mass is 32.1. The first-order valence-corrected chi connectivity index (χ1v) is 15.3. The number of nitrogens with one attached hydrogen (secondary N) is 2. The Balaban J connectivity index is 1.24. The van der Waals surface area contributed by atoms with E-state index in [1.807, 2.05) is 36.4 Å². The van der Waals surface area contributed by atoms with E-state index in [9.17, 15) is 4.79 Å². The number of fused-ring (bicyclic) bond motifs is 1. The number of methoxy groups -OCH3 is 1. The molecule has 1 heterocycles. The number of amides is 1. The molecular formula is C34H37FN4O4S. The Hall–Kier alpha value is -4.31. The molecule has 1 saturated carbocycles. The molecule has 8 nitrogen and oxygen atoms in total. The largest absolute Gasteiger partial charge is 0.493 e. The number of hydrogen-bond donors (Lipinski definition) is 2. The summed E-state index contributed by atoms with van der Waals surface area (Å²) in [4.78, 5) is 20.9. The second-order valence-corrected chi connectivity index (χ2v) is 11.5. The molecule has 2 unspecified atom stereocenters. The molecule has 3 atom stereocenters. The van der Waals surface area contributed by atoms with Crippen LogP contribution in [-0.4, -0.2) is 34.7 Å². The predicted octanol–water partition coefficient (Wildman–Crippen LogP) is 7.47. The maximum Gasteiger partial charge on any atom is 0.230 e. The number of thiocarbonyl (C=S) groups is 1. The number of aromatic nitrogens is 2. The van der Waals surface area contributed by atoms with Crippen LogP contribution in [0.5, 0.6) is 23.1 Å². The summed E-state index contributed by atoms with van der Waals surface area (Å²) < 4.78 is 32.9. The van der Waals surface area contributed by atoms with Crippen LogP contribution >= 0.6 is 12.2 Å². The second-order valence-electron chi connectivity index (χ2n) is 11.1. The highest BCUT2D eigenvalue weighted by molar-refractivity contribution is 7.80. The zero-order valence-corrected chi connectivity index (χ0v) is 26.0. The molecule has 2 N–H and O–H groups in total. The number of nitrogens with zero attached hydrogens (tertiary/aromatic N) is 2. The lowest BCUT2D eigenvalue weighted by atomic mass is 9.92. The molecule has 10 heteroatoms. The summed E-state index contributed by atoms with van der Waals surface area (Å²) in [5, 5.41) is 6.06. The summed E-state index contributed by atoms with van der Waals surface area (Å²) >= 11 is 5.23. The van der Waals surface area contributed by atoms with Crippen molar-refractivity contribution in [2.45, 2.75) is 46.0 Å². The smallest absolute Gasteiger partial charge is 0.230 e. The molecule has 230 valence electrons. The molecule has 1 aromatic heterocycles. The minimum absolute atomic E-state index is 0.0361. The van der Waals surface area contributed by atoms with Crippen molar-refractivity contribution >= 4 is 39.8 Å². The number of carbonyl (C=O) groups excluding carboxylic acids is 1. The Bertz CT molecular complexity index is 1610. The molecule has 44 heavy (non-hydrogen) atoms. The van der Waals surface area contributed by atoms with Crippen LogP contribution in [0.4, 0.5) is 10.1 Å². The van der Waals surface area contributed by atoms with Gasteiger partial charge in [0.05, 0.1) is 31.0 Å². The van der Waals surface area contributed by atoms with Crippen molar-refractivity contribution in [1.82, 2.24) is 15.3 Å². The van der Waals surface area contributed by atoms with Gasteiger partial charge in [0.25, 0.3) is 0 Å². The van der Waals surface area contributed by atoms with Crippen LogP contribution in [0.2, 0.25) is 0 Å². The first-order chi connectivity index (χ1) is 21.4. The van der Waals surface area contributed by atoms with Crippen molar-refractivity contribution < 1.29 is 23.4 Å². The van der Waals surface area contributed by atoms with Gasteiger partial charge in [-0.25, -0.2) is 14.4 Å². The SMILES string of the molecule is CCC1CC(COc2cc3ncnc(Oc4ccc(NC(=S)NC(=O)Cc5ccccc5)cc4F)c3cc2OC)C[C@H]1CC. The minimum Gasteiger partial charge on any atom is -0.493 e. The lowest BCUT2D eigenvalue weighted by Crippen LogP contribution is -2.35. The number of hydrogen-bond acceptors (Lipinski definition) is 7. The quantitative estimate of drug-likeness (QED) is 0.168. The molecule has 1 fully saturated rings. The highest BCUT2D eigenvalue weighted by Crippen LogP contribution is 2.42. The van der Waals surface area contributed by atoms with Gasteiger partial charge < -0.3 is 24.8 Å². The fourth-order valence-corrected chi connectivity index (χ4v) is 6.19. The third-order valence-corrected chi connectivity index (χ3v) is 8.41. The average molecular weight is 617 g/mol. The van der Waals surface area contributed by atoms with Gasteiger partial charge in [-0.15, -0.1) is 0 Å². The van der Waals surface area contributed by atoms with E-state index < -0.39 is 5.82 Å². The lowest BCUT2D eigenvalue weighted by Gasteiger charge is -2.16. The van der Waals surface area contributed by atoms with Crippen molar-refractivity contribution in [1.29, 1.82) is 0 Å². The zero-order chi connectivity index (χ0) is 31.1. The van der Waals surface area contributed by atoms with Crippen molar-refractivity contribution in [2.24, 2.45) is 17.8 Å². The number of anilines is 1. The van der Waals surface area contributed by atoms with E-state index in [-0.39, 0.29) is 29.1 Å². The molecule has 0 spiro atoms. The van der Waals surface area contributed by atoms with Gasteiger partial charge in [-0.3, -0.25) is 4.79 Å². The van der Waals surface area contributed by atoms with Crippen molar-refractivity contribution in [2.75, 3.05) is 19.0 Å². The monoisotopic (exact) mass is 616 g/mol. The van der Waals surface area contributed by atoms with Crippen LogP contribution in [-0.2, 0) is 11.2 Å². The third kappa shape index (κ3) is 7.60. The van der Waals surface area contributed by atoms with E-state index in [0.717, 1.165) is 17.4 Å². The Morgan fingerprint density at radius 3 is 2.41 bits per heavy atom. The van der Waals surface area contributed by atoms with Crippen LogP contribution in [0.25, 0.3) is 10.9 Å². The number of benzene rings is 3. The van der Waals surface area contributed by atoms with Gasteiger partial charge in [0, 0.05) is 17.8 Å².